The maximum atomic E-state index is 13.7. The van der Waals surface area contributed by atoms with Crippen molar-refractivity contribution < 1.29 is 14.3 Å². The molecule has 0 saturated heterocycles. The third-order valence-corrected chi connectivity index (χ3v) is 7.69. The number of carbonyl (C=O) groups is 2. The highest BCUT2D eigenvalue weighted by atomic mass is 35.5. The first kappa shape index (κ1) is 25.6. The molecule has 1 saturated carbocycles. The molecule has 2 aromatic carbocycles. The third-order valence-electron chi connectivity index (χ3n) is 7.32. The molecule has 0 aromatic heterocycles. The van der Waals surface area contributed by atoms with Crippen LogP contribution < -0.4 is 4.74 Å². The first-order valence-corrected chi connectivity index (χ1v) is 13.5. The van der Waals surface area contributed by atoms with E-state index in [0.29, 0.717) is 22.8 Å². The van der Waals surface area contributed by atoms with Gasteiger partial charge in [0.05, 0.1) is 18.0 Å². The van der Waals surface area contributed by atoms with E-state index in [2.05, 4.69) is 4.90 Å². The second-order valence-corrected chi connectivity index (χ2v) is 10.3. The largest absolute Gasteiger partial charge is 0.487 e. The fourth-order valence-electron chi connectivity index (χ4n) is 5.33. The molecule has 2 aromatic rings. The summed E-state index contributed by atoms with van der Waals surface area (Å²) in [5.41, 5.74) is 1.46. The van der Waals surface area contributed by atoms with E-state index in [0.717, 1.165) is 76.4 Å². The van der Waals surface area contributed by atoms with Gasteiger partial charge in [-0.25, -0.2) is 0 Å². The van der Waals surface area contributed by atoms with Crippen LogP contribution in [0.1, 0.15) is 73.7 Å². The lowest BCUT2D eigenvalue weighted by Crippen LogP contribution is -2.51. The van der Waals surface area contributed by atoms with E-state index in [1.54, 1.807) is 4.90 Å². The summed E-state index contributed by atoms with van der Waals surface area (Å²) >= 11 is 6.39. The smallest absolute Gasteiger partial charge is 0.257 e. The molecular weight excluding hydrogens is 460 g/mol. The van der Waals surface area contributed by atoms with Crippen LogP contribution in [-0.2, 0) is 11.2 Å². The fourth-order valence-corrected chi connectivity index (χ4v) is 5.53. The van der Waals surface area contributed by atoms with Gasteiger partial charge in [-0.2, -0.15) is 0 Å². The molecule has 2 atom stereocenters. The van der Waals surface area contributed by atoms with Crippen LogP contribution >= 0.6 is 11.6 Å². The van der Waals surface area contributed by atoms with Crippen LogP contribution in [0, 0.1) is 0 Å². The van der Waals surface area contributed by atoms with Crippen molar-refractivity contribution in [2.24, 2.45) is 0 Å². The van der Waals surface area contributed by atoms with Crippen LogP contribution in [0.4, 0.5) is 0 Å². The van der Waals surface area contributed by atoms with Gasteiger partial charge in [0, 0.05) is 25.2 Å². The molecule has 0 spiro atoms. The highest BCUT2D eigenvalue weighted by Crippen LogP contribution is 2.31. The Bertz CT molecular complexity index is 1010. The number of fused-ring (bicyclic) bond motifs is 2. The summed E-state index contributed by atoms with van der Waals surface area (Å²) in [6, 6.07) is 15.1. The quantitative estimate of drug-likeness (QED) is 0.502. The van der Waals surface area contributed by atoms with E-state index < -0.39 is 0 Å². The number of amides is 2. The zero-order chi connectivity index (χ0) is 24.6. The molecule has 4 rings (SSSR count). The lowest BCUT2D eigenvalue weighted by molar-refractivity contribution is -0.136. The third kappa shape index (κ3) is 6.58. The van der Waals surface area contributed by atoms with E-state index in [1.807, 2.05) is 55.6 Å². The van der Waals surface area contributed by atoms with E-state index in [-0.39, 0.29) is 24.0 Å². The van der Waals surface area contributed by atoms with Crippen LogP contribution in [0.5, 0.6) is 5.75 Å². The SMILES string of the molecule is CN1CCCCCCCN(C(=O)Cc2ccccc2Cl)[C@@H]2CCCC[C@@H]2Oc2ccccc2C1=O. The van der Waals surface area contributed by atoms with Gasteiger partial charge in [-0.3, -0.25) is 9.59 Å². The zero-order valence-corrected chi connectivity index (χ0v) is 21.5. The molecule has 0 unspecified atom stereocenters. The number of halogens is 1. The summed E-state index contributed by atoms with van der Waals surface area (Å²) in [6.07, 6.45) is 9.29. The van der Waals surface area contributed by atoms with Crippen molar-refractivity contribution in [2.45, 2.75) is 76.4 Å². The summed E-state index contributed by atoms with van der Waals surface area (Å²) in [7, 11) is 1.87. The monoisotopic (exact) mass is 496 g/mol. The molecule has 1 aliphatic carbocycles. The highest BCUT2D eigenvalue weighted by Gasteiger charge is 2.35. The van der Waals surface area contributed by atoms with Crippen molar-refractivity contribution >= 4 is 23.4 Å². The molecule has 1 heterocycles. The molecule has 35 heavy (non-hydrogen) atoms. The van der Waals surface area contributed by atoms with Crippen molar-refractivity contribution in [2.75, 3.05) is 20.1 Å². The van der Waals surface area contributed by atoms with Gasteiger partial charge in [0.25, 0.3) is 5.91 Å². The summed E-state index contributed by atoms with van der Waals surface area (Å²) in [4.78, 5) is 30.7. The summed E-state index contributed by atoms with van der Waals surface area (Å²) in [5.74, 6) is 0.719. The van der Waals surface area contributed by atoms with Gasteiger partial charge in [-0.05, 0) is 55.9 Å². The van der Waals surface area contributed by atoms with Gasteiger partial charge in [0.15, 0.2) is 0 Å². The molecule has 6 heteroatoms. The van der Waals surface area contributed by atoms with Gasteiger partial charge in [0.2, 0.25) is 5.91 Å². The fraction of sp³-hybridized carbons (Fsp3) is 0.517. The number of benzene rings is 2. The summed E-state index contributed by atoms with van der Waals surface area (Å²) in [6.45, 7) is 1.47. The van der Waals surface area contributed by atoms with Crippen molar-refractivity contribution in [3.63, 3.8) is 0 Å². The molecule has 5 nitrogen and oxygen atoms in total. The Balaban J connectivity index is 1.63. The Morgan fingerprint density at radius 2 is 1.60 bits per heavy atom. The summed E-state index contributed by atoms with van der Waals surface area (Å²) < 4.78 is 6.58. The van der Waals surface area contributed by atoms with Gasteiger partial charge in [0.1, 0.15) is 11.9 Å². The number of hydrogen-bond acceptors (Lipinski definition) is 3. The van der Waals surface area contributed by atoms with Crippen LogP contribution in [0.15, 0.2) is 48.5 Å². The second kappa shape index (κ2) is 12.4. The molecule has 188 valence electrons. The minimum Gasteiger partial charge on any atom is -0.487 e. The van der Waals surface area contributed by atoms with E-state index in [1.165, 1.54) is 0 Å². The molecule has 0 bridgehead atoms. The van der Waals surface area contributed by atoms with Crippen LogP contribution in [0.25, 0.3) is 0 Å². The first-order chi connectivity index (χ1) is 17.0. The zero-order valence-electron chi connectivity index (χ0n) is 20.8. The number of rotatable bonds is 2. The lowest BCUT2D eigenvalue weighted by atomic mass is 9.90. The molecular formula is C29H37ClN2O3. The van der Waals surface area contributed by atoms with Crippen LogP contribution in [0.3, 0.4) is 0 Å². The van der Waals surface area contributed by atoms with E-state index in [4.69, 9.17) is 16.3 Å². The number of para-hydroxylation sites is 1. The van der Waals surface area contributed by atoms with E-state index >= 15 is 0 Å². The van der Waals surface area contributed by atoms with Gasteiger partial charge in [-0.15, -0.1) is 0 Å². The summed E-state index contributed by atoms with van der Waals surface area (Å²) in [5, 5.41) is 0.632. The molecule has 2 aliphatic rings. The maximum absolute atomic E-state index is 13.7. The Morgan fingerprint density at radius 3 is 2.43 bits per heavy atom. The molecule has 0 radical (unpaired) electrons. The minimum absolute atomic E-state index is 0.00511. The number of ether oxygens (including phenoxy) is 1. The molecule has 2 amide bonds. The Hall–Kier alpha value is -2.53. The van der Waals surface area contributed by atoms with Crippen molar-refractivity contribution in [1.29, 1.82) is 0 Å². The molecule has 1 aliphatic heterocycles. The average Bonchev–Trinajstić information content (AvgIpc) is 2.87. The van der Waals surface area contributed by atoms with Crippen LogP contribution in [-0.4, -0.2) is 53.9 Å². The van der Waals surface area contributed by atoms with Crippen molar-refractivity contribution in [3.05, 3.63) is 64.7 Å². The Labute approximate surface area is 214 Å². The topological polar surface area (TPSA) is 49.9 Å². The standard InChI is InChI=1S/C29H37ClN2O3/c1-31-19-11-3-2-4-12-20-32(28(33)21-22-13-5-7-15-24(22)30)25-16-8-10-18-27(25)35-26-17-9-6-14-23(26)29(31)34/h5-7,9,13-15,17,25,27H,2-4,8,10-12,16,18-21H2,1H3/t25-,27+/m1/s1. The van der Waals surface area contributed by atoms with Crippen molar-refractivity contribution in [3.8, 4) is 5.75 Å². The average molecular weight is 497 g/mol. The lowest BCUT2D eigenvalue weighted by Gasteiger charge is -2.40. The first-order valence-electron chi connectivity index (χ1n) is 13.1. The number of hydrogen-bond donors (Lipinski definition) is 0. The second-order valence-electron chi connectivity index (χ2n) is 9.85. The predicted molar refractivity (Wildman–Crippen MR) is 140 cm³/mol. The van der Waals surface area contributed by atoms with E-state index in [9.17, 15) is 9.59 Å². The van der Waals surface area contributed by atoms with Gasteiger partial charge < -0.3 is 14.5 Å². The van der Waals surface area contributed by atoms with Crippen LogP contribution in [0.2, 0.25) is 5.02 Å². The maximum Gasteiger partial charge on any atom is 0.257 e. The number of carbonyl (C=O) groups excluding carboxylic acids is 2. The highest BCUT2D eigenvalue weighted by molar-refractivity contribution is 6.31. The molecule has 1 fully saturated rings. The molecule has 0 N–H and O–H groups in total. The Morgan fingerprint density at radius 1 is 0.914 bits per heavy atom. The predicted octanol–water partition coefficient (Wildman–Crippen LogP) is 6.14. The number of nitrogens with zero attached hydrogens (tertiary/aromatic N) is 2. The van der Waals surface area contributed by atoms with Gasteiger partial charge >= 0.3 is 0 Å². The van der Waals surface area contributed by atoms with Crippen molar-refractivity contribution in [1.82, 2.24) is 9.80 Å². The van der Waals surface area contributed by atoms with Gasteiger partial charge in [-0.1, -0.05) is 67.6 Å². The minimum atomic E-state index is -0.136. The normalized spacial score (nSPS) is 22.3. The Kier molecular flexibility index (Phi) is 9.08.